The summed E-state index contributed by atoms with van der Waals surface area (Å²) < 4.78 is 0. The van der Waals surface area contributed by atoms with Crippen LogP contribution in [0.5, 0.6) is 0 Å². The van der Waals surface area contributed by atoms with Gasteiger partial charge in [-0.15, -0.1) is 0 Å². The van der Waals surface area contributed by atoms with Crippen molar-refractivity contribution in [3.8, 4) is 0 Å². The van der Waals surface area contributed by atoms with Crippen LogP contribution in [0.4, 0.5) is 0 Å². The largest absolute Gasteiger partial charge is 0.295 e. The number of hydrogen-bond donors (Lipinski definition) is 0. The Labute approximate surface area is 98.3 Å². The predicted molar refractivity (Wildman–Crippen MR) is 64.9 cm³/mol. The molecule has 16 heavy (non-hydrogen) atoms. The number of hydrogen-bond acceptors (Lipinski definition) is 1. The lowest BCUT2D eigenvalue weighted by Crippen LogP contribution is -2.66. The number of allylic oxidation sites excluding steroid dienone is 2. The van der Waals surface area contributed by atoms with Gasteiger partial charge in [-0.25, -0.2) is 0 Å². The van der Waals surface area contributed by atoms with Gasteiger partial charge >= 0.3 is 0 Å². The molecule has 0 saturated heterocycles. The van der Waals surface area contributed by atoms with Crippen molar-refractivity contribution in [2.24, 2.45) is 35.0 Å². The lowest BCUT2D eigenvalue weighted by atomic mass is 9.34. The molecule has 5 atom stereocenters. The molecule has 0 aromatic carbocycles. The van der Waals surface area contributed by atoms with E-state index in [0.29, 0.717) is 23.0 Å². The molecule has 1 nitrogen and oxygen atoms in total. The van der Waals surface area contributed by atoms with E-state index in [4.69, 9.17) is 0 Å². The van der Waals surface area contributed by atoms with Gasteiger partial charge < -0.3 is 0 Å². The van der Waals surface area contributed by atoms with Gasteiger partial charge in [0.05, 0.1) is 0 Å². The van der Waals surface area contributed by atoms with Crippen LogP contribution in [0, 0.1) is 35.0 Å². The van der Waals surface area contributed by atoms with Gasteiger partial charge in [0.25, 0.3) is 0 Å². The molecule has 0 aromatic heterocycles. The van der Waals surface area contributed by atoms with Crippen molar-refractivity contribution < 1.29 is 4.79 Å². The molecule has 88 valence electrons. The predicted octanol–water partition coefficient (Wildman–Crippen LogP) is 3.45. The maximum Gasteiger partial charge on any atom is 0.159 e. The minimum absolute atomic E-state index is 0.325. The third-order valence-corrected chi connectivity index (χ3v) is 5.72. The van der Waals surface area contributed by atoms with Gasteiger partial charge in [0, 0.05) is 5.92 Å². The molecule has 0 unspecified atom stereocenters. The van der Waals surface area contributed by atoms with Gasteiger partial charge in [0.2, 0.25) is 0 Å². The quantitative estimate of drug-likeness (QED) is 0.659. The second kappa shape index (κ2) is 3.00. The smallest absolute Gasteiger partial charge is 0.159 e. The molecule has 0 spiro atoms. The number of carbonyl (C=O) groups is 1. The molecule has 1 heteroatoms. The maximum absolute atomic E-state index is 12.2. The van der Waals surface area contributed by atoms with Crippen molar-refractivity contribution in [3.63, 3.8) is 0 Å². The van der Waals surface area contributed by atoms with E-state index < -0.39 is 0 Å². The highest BCUT2D eigenvalue weighted by molar-refractivity contribution is 5.96. The van der Waals surface area contributed by atoms with Crippen LogP contribution in [0.1, 0.15) is 40.5 Å². The van der Waals surface area contributed by atoms with Gasteiger partial charge in [-0.2, -0.15) is 0 Å². The highest BCUT2D eigenvalue weighted by Gasteiger charge is 2.68. The Morgan fingerprint density at radius 1 is 1.38 bits per heavy atom. The van der Waals surface area contributed by atoms with Crippen molar-refractivity contribution >= 4 is 5.78 Å². The fourth-order valence-corrected chi connectivity index (χ4v) is 5.14. The van der Waals surface area contributed by atoms with Crippen LogP contribution in [0.25, 0.3) is 0 Å². The molecule has 2 fully saturated rings. The summed E-state index contributed by atoms with van der Waals surface area (Å²) >= 11 is 0. The van der Waals surface area contributed by atoms with Crippen LogP contribution in [-0.4, -0.2) is 5.78 Å². The molecule has 0 aromatic rings. The standard InChI is InChI=1S/C15H22O/c1-8(2)10-5-6-15(4)13-9(3)7-11(16)14(15)12(10)13/h7-8,10,12-14H,5-6H2,1-4H3/t10-,12+,13-,14+,15-/m0/s1. The summed E-state index contributed by atoms with van der Waals surface area (Å²) in [5.74, 6) is 3.70. The molecule has 4 aliphatic rings. The van der Waals surface area contributed by atoms with E-state index in [2.05, 4.69) is 27.7 Å². The highest BCUT2D eigenvalue weighted by Crippen LogP contribution is 2.70. The van der Waals surface area contributed by atoms with Crippen LogP contribution >= 0.6 is 0 Å². The first-order chi connectivity index (χ1) is 7.47. The Bertz CT molecular complexity index is 379. The van der Waals surface area contributed by atoms with Crippen molar-refractivity contribution in [2.45, 2.75) is 40.5 Å². The first-order valence-corrected chi connectivity index (χ1v) is 6.69. The summed E-state index contributed by atoms with van der Waals surface area (Å²) in [6.07, 6.45) is 4.53. The molecule has 4 bridgehead atoms. The monoisotopic (exact) mass is 218 g/mol. The summed E-state index contributed by atoms with van der Waals surface area (Å²) in [4.78, 5) is 12.2. The first-order valence-electron chi connectivity index (χ1n) is 6.69. The fraction of sp³-hybridized carbons (Fsp3) is 0.800. The molecule has 0 amide bonds. The number of carbonyl (C=O) groups excluding carboxylic acids is 1. The molecule has 0 heterocycles. The summed E-state index contributed by atoms with van der Waals surface area (Å²) in [5.41, 5.74) is 1.69. The van der Waals surface area contributed by atoms with Gasteiger partial charge in [-0.05, 0) is 54.9 Å². The third-order valence-electron chi connectivity index (χ3n) is 5.72. The van der Waals surface area contributed by atoms with Crippen molar-refractivity contribution in [3.05, 3.63) is 11.6 Å². The van der Waals surface area contributed by atoms with Crippen LogP contribution < -0.4 is 0 Å². The molecule has 0 N–H and O–H groups in total. The molecular formula is C15H22O. The van der Waals surface area contributed by atoms with Crippen LogP contribution in [0.2, 0.25) is 0 Å². The summed E-state index contributed by atoms with van der Waals surface area (Å²) in [5, 5.41) is 0. The zero-order valence-electron chi connectivity index (χ0n) is 10.8. The molecule has 0 radical (unpaired) electrons. The first kappa shape index (κ1) is 10.6. The van der Waals surface area contributed by atoms with E-state index in [9.17, 15) is 4.79 Å². The SMILES string of the molecule is CC1=CC(=O)[C@@H]2[C@@H]3[C@H](C(C)C)CC[C@@]2(C)[C@@H]13. The topological polar surface area (TPSA) is 17.1 Å². The average Bonchev–Trinajstić information content (AvgIpc) is 2.15. The third kappa shape index (κ3) is 1.00. The molecule has 2 saturated carbocycles. The zero-order valence-corrected chi connectivity index (χ0v) is 10.8. The lowest BCUT2D eigenvalue weighted by Gasteiger charge is -2.69. The van der Waals surface area contributed by atoms with E-state index in [0.717, 1.165) is 17.8 Å². The number of ketones is 1. The fourth-order valence-electron chi connectivity index (χ4n) is 5.14. The van der Waals surface area contributed by atoms with Crippen molar-refractivity contribution in [1.82, 2.24) is 0 Å². The average molecular weight is 218 g/mol. The zero-order chi connectivity index (χ0) is 11.7. The van der Waals surface area contributed by atoms with Gasteiger partial charge in [-0.3, -0.25) is 4.79 Å². The van der Waals surface area contributed by atoms with Crippen molar-refractivity contribution in [2.75, 3.05) is 0 Å². The van der Waals surface area contributed by atoms with E-state index in [1.807, 2.05) is 6.08 Å². The molecular weight excluding hydrogens is 196 g/mol. The van der Waals surface area contributed by atoms with Crippen LogP contribution in [-0.2, 0) is 4.79 Å². The van der Waals surface area contributed by atoms with Gasteiger partial charge in [0.15, 0.2) is 5.78 Å². The Morgan fingerprint density at radius 3 is 2.62 bits per heavy atom. The Balaban J connectivity index is 2.02. The lowest BCUT2D eigenvalue weighted by molar-refractivity contribution is -0.186. The molecule has 4 rings (SSSR count). The Morgan fingerprint density at radius 2 is 2.06 bits per heavy atom. The van der Waals surface area contributed by atoms with Gasteiger partial charge in [-0.1, -0.05) is 26.3 Å². The van der Waals surface area contributed by atoms with E-state index in [1.54, 1.807) is 0 Å². The highest BCUT2D eigenvalue weighted by atomic mass is 16.1. The van der Waals surface area contributed by atoms with Crippen molar-refractivity contribution in [1.29, 1.82) is 0 Å². The second-order valence-electron chi connectivity index (χ2n) is 6.78. The van der Waals surface area contributed by atoms with E-state index in [-0.39, 0.29) is 0 Å². The molecule has 4 aliphatic carbocycles. The minimum atomic E-state index is 0.325. The maximum atomic E-state index is 12.2. The van der Waals surface area contributed by atoms with Gasteiger partial charge in [0.1, 0.15) is 0 Å². The second-order valence-corrected chi connectivity index (χ2v) is 6.78. The number of fused-ring (bicyclic) bond motifs is 1. The van der Waals surface area contributed by atoms with E-state index >= 15 is 0 Å². The van der Waals surface area contributed by atoms with Crippen LogP contribution in [0.15, 0.2) is 11.6 Å². The Hall–Kier alpha value is -0.590. The normalized spacial score (nSPS) is 50.1. The van der Waals surface area contributed by atoms with E-state index in [1.165, 1.54) is 18.4 Å². The minimum Gasteiger partial charge on any atom is -0.295 e. The molecule has 0 aliphatic heterocycles. The number of rotatable bonds is 1. The Kier molecular flexibility index (Phi) is 1.98. The summed E-state index contributed by atoms with van der Waals surface area (Å²) in [6, 6.07) is 0. The summed E-state index contributed by atoms with van der Waals surface area (Å²) in [6.45, 7) is 9.17. The summed E-state index contributed by atoms with van der Waals surface area (Å²) in [7, 11) is 0. The van der Waals surface area contributed by atoms with Crippen LogP contribution in [0.3, 0.4) is 0 Å².